The molecule has 4 heteroatoms. The molecule has 0 bridgehead atoms. The van der Waals surface area contributed by atoms with Crippen LogP contribution in [-0.4, -0.2) is 23.7 Å². The molecule has 178 valence electrons. The van der Waals surface area contributed by atoms with Crippen LogP contribution in [0.4, 0.5) is 0 Å². The molecule has 4 nitrogen and oxygen atoms in total. The van der Waals surface area contributed by atoms with Gasteiger partial charge in [0.25, 0.3) is 0 Å². The van der Waals surface area contributed by atoms with Gasteiger partial charge in [0.05, 0.1) is 5.56 Å². The summed E-state index contributed by atoms with van der Waals surface area (Å²) in [5.41, 5.74) is 5.63. The molecule has 1 aliphatic rings. The largest absolute Gasteiger partial charge is 0.489 e. The van der Waals surface area contributed by atoms with E-state index < -0.39 is 5.97 Å². The molecule has 1 aliphatic heterocycles. The van der Waals surface area contributed by atoms with E-state index >= 15 is 0 Å². The number of carboxylic acids is 1. The minimum atomic E-state index is -0.880. The molecule has 0 aliphatic carbocycles. The highest BCUT2D eigenvalue weighted by atomic mass is 16.5. The third kappa shape index (κ3) is 4.54. The third-order valence-corrected chi connectivity index (χ3v) is 7.35. The predicted octanol–water partition coefficient (Wildman–Crippen LogP) is 6.79. The van der Waals surface area contributed by atoms with Crippen LogP contribution < -0.4 is 10.1 Å². The standard InChI is InChI=1S/C31H31NO3/c1-19-15-23(16-28(20(19)2)31(33)34)29-17-24(35-30-14-7-6-12-27(29)30)18-32-21(3)25-13-8-10-22-9-4-5-11-26(22)25/h4-16,21,24,29,32H,17-18H2,1-3H3,(H,33,34). The van der Waals surface area contributed by atoms with Crippen molar-refractivity contribution in [1.29, 1.82) is 0 Å². The lowest BCUT2D eigenvalue weighted by atomic mass is 9.82. The Labute approximate surface area is 206 Å². The van der Waals surface area contributed by atoms with Gasteiger partial charge >= 0.3 is 5.97 Å². The summed E-state index contributed by atoms with van der Waals surface area (Å²) in [7, 11) is 0. The topological polar surface area (TPSA) is 58.6 Å². The average molecular weight is 466 g/mol. The van der Waals surface area contributed by atoms with Gasteiger partial charge in [-0.2, -0.15) is 0 Å². The monoisotopic (exact) mass is 465 g/mol. The van der Waals surface area contributed by atoms with Gasteiger partial charge in [0, 0.05) is 24.1 Å². The summed E-state index contributed by atoms with van der Waals surface area (Å²) < 4.78 is 6.41. The van der Waals surface area contributed by atoms with Gasteiger partial charge < -0.3 is 15.2 Å². The lowest BCUT2D eigenvalue weighted by molar-refractivity contribution is 0.0696. The molecular formula is C31H31NO3. The number of carbonyl (C=O) groups is 1. The van der Waals surface area contributed by atoms with Crippen molar-refractivity contribution >= 4 is 16.7 Å². The number of ether oxygens (including phenoxy) is 1. The molecule has 2 N–H and O–H groups in total. The van der Waals surface area contributed by atoms with Crippen molar-refractivity contribution in [2.75, 3.05) is 6.54 Å². The Balaban J connectivity index is 1.41. The highest BCUT2D eigenvalue weighted by Gasteiger charge is 2.30. The van der Waals surface area contributed by atoms with Crippen molar-refractivity contribution in [3.63, 3.8) is 0 Å². The number of hydrogen-bond donors (Lipinski definition) is 2. The fourth-order valence-corrected chi connectivity index (χ4v) is 5.29. The summed E-state index contributed by atoms with van der Waals surface area (Å²) in [5, 5.41) is 16.0. The fourth-order valence-electron chi connectivity index (χ4n) is 5.29. The summed E-state index contributed by atoms with van der Waals surface area (Å²) in [5.74, 6) is 0.0791. The predicted molar refractivity (Wildman–Crippen MR) is 141 cm³/mol. The Morgan fingerprint density at radius 2 is 1.77 bits per heavy atom. The van der Waals surface area contributed by atoms with Crippen LogP contribution in [0.2, 0.25) is 0 Å². The molecule has 0 radical (unpaired) electrons. The molecular weight excluding hydrogens is 434 g/mol. The zero-order valence-corrected chi connectivity index (χ0v) is 20.4. The van der Waals surface area contributed by atoms with E-state index in [1.54, 1.807) is 0 Å². The maximum atomic E-state index is 11.9. The quantitative estimate of drug-likeness (QED) is 0.329. The summed E-state index contributed by atoms with van der Waals surface area (Å²) >= 11 is 0. The minimum absolute atomic E-state index is 0.0257. The zero-order valence-electron chi connectivity index (χ0n) is 20.4. The molecule has 3 unspecified atom stereocenters. The Bertz CT molecular complexity index is 1390. The van der Waals surface area contributed by atoms with Crippen LogP contribution in [0.25, 0.3) is 10.8 Å². The molecule has 0 saturated heterocycles. The van der Waals surface area contributed by atoms with Crippen LogP contribution in [0.1, 0.15) is 63.5 Å². The van der Waals surface area contributed by atoms with Crippen LogP contribution >= 0.6 is 0 Å². The Hall–Kier alpha value is -3.63. The first kappa shape index (κ1) is 23.1. The summed E-state index contributed by atoms with van der Waals surface area (Å²) in [6.07, 6.45) is 0.760. The van der Waals surface area contributed by atoms with E-state index in [0.717, 1.165) is 34.4 Å². The Morgan fingerprint density at radius 1 is 1.03 bits per heavy atom. The van der Waals surface area contributed by atoms with Crippen LogP contribution in [0.15, 0.2) is 78.9 Å². The molecule has 0 fully saturated rings. The SMILES string of the molecule is Cc1cc(C2CC(CNC(C)c3cccc4ccccc34)Oc3ccccc32)cc(C(=O)O)c1C. The number of nitrogens with one attached hydrogen (secondary N) is 1. The summed E-state index contributed by atoms with van der Waals surface area (Å²) in [6, 6.07) is 27.2. The fraction of sp³-hybridized carbons (Fsp3) is 0.258. The van der Waals surface area contributed by atoms with Gasteiger partial charge in [-0.1, -0.05) is 66.7 Å². The molecule has 0 spiro atoms. The van der Waals surface area contributed by atoms with Crippen molar-refractivity contribution in [2.45, 2.75) is 45.3 Å². The first-order valence-electron chi connectivity index (χ1n) is 12.2. The van der Waals surface area contributed by atoms with Gasteiger partial charge in [-0.05, 0) is 72.4 Å². The maximum absolute atomic E-state index is 11.9. The van der Waals surface area contributed by atoms with Crippen molar-refractivity contribution < 1.29 is 14.6 Å². The molecule has 4 aromatic rings. The second-order valence-corrected chi connectivity index (χ2v) is 9.58. The smallest absolute Gasteiger partial charge is 0.335 e. The van der Waals surface area contributed by atoms with Gasteiger partial charge in [0.2, 0.25) is 0 Å². The number of fused-ring (bicyclic) bond motifs is 2. The van der Waals surface area contributed by atoms with Crippen molar-refractivity contribution in [3.8, 4) is 5.75 Å². The van der Waals surface area contributed by atoms with E-state index in [1.165, 1.54) is 16.3 Å². The van der Waals surface area contributed by atoms with Gasteiger partial charge in [-0.15, -0.1) is 0 Å². The van der Waals surface area contributed by atoms with Gasteiger partial charge in [0.15, 0.2) is 0 Å². The molecule has 0 aromatic heterocycles. The van der Waals surface area contributed by atoms with Crippen LogP contribution in [0, 0.1) is 13.8 Å². The summed E-state index contributed by atoms with van der Waals surface area (Å²) in [4.78, 5) is 11.9. The first-order valence-corrected chi connectivity index (χ1v) is 12.2. The summed E-state index contributed by atoms with van der Waals surface area (Å²) in [6.45, 7) is 6.76. The number of carboxylic acid groups (broad SMARTS) is 1. The molecule has 4 aromatic carbocycles. The molecule has 0 amide bonds. The van der Waals surface area contributed by atoms with E-state index in [4.69, 9.17) is 4.74 Å². The van der Waals surface area contributed by atoms with E-state index in [2.05, 4.69) is 66.8 Å². The average Bonchev–Trinajstić information content (AvgIpc) is 2.87. The third-order valence-electron chi connectivity index (χ3n) is 7.35. The van der Waals surface area contributed by atoms with Gasteiger partial charge in [-0.3, -0.25) is 0 Å². The minimum Gasteiger partial charge on any atom is -0.489 e. The maximum Gasteiger partial charge on any atom is 0.335 e. The van der Waals surface area contributed by atoms with Crippen LogP contribution in [-0.2, 0) is 0 Å². The first-order chi connectivity index (χ1) is 16.9. The van der Waals surface area contributed by atoms with E-state index in [9.17, 15) is 9.90 Å². The number of para-hydroxylation sites is 1. The number of aromatic carboxylic acids is 1. The normalized spacial score (nSPS) is 18.0. The lowest BCUT2D eigenvalue weighted by Crippen LogP contribution is -2.37. The number of rotatable bonds is 6. The van der Waals surface area contributed by atoms with Gasteiger partial charge in [0.1, 0.15) is 11.9 Å². The van der Waals surface area contributed by atoms with Crippen LogP contribution in [0.3, 0.4) is 0 Å². The van der Waals surface area contributed by atoms with Crippen molar-refractivity contribution in [1.82, 2.24) is 5.32 Å². The second-order valence-electron chi connectivity index (χ2n) is 9.58. The van der Waals surface area contributed by atoms with E-state index in [1.807, 2.05) is 38.1 Å². The van der Waals surface area contributed by atoms with Crippen molar-refractivity contribution in [2.24, 2.45) is 0 Å². The molecule has 3 atom stereocenters. The van der Waals surface area contributed by atoms with E-state index in [-0.39, 0.29) is 18.1 Å². The number of hydrogen-bond acceptors (Lipinski definition) is 3. The molecule has 1 heterocycles. The van der Waals surface area contributed by atoms with Crippen LogP contribution in [0.5, 0.6) is 5.75 Å². The highest BCUT2D eigenvalue weighted by molar-refractivity contribution is 5.90. The molecule has 35 heavy (non-hydrogen) atoms. The van der Waals surface area contributed by atoms with Gasteiger partial charge in [-0.25, -0.2) is 4.79 Å². The highest BCUT2D eigenvalue weighted by Crippen LogP contribution is 2.41. The Kier molecular flexibility index (Phi) is 6.31. The lowest BCUT2D eigenvalue weighted by Gasteiger charge is -2.34. The molecule has 5 rings (SSSR count). The number of benzene rings is 4. The zero-order chi connectivity index (χ0) is 24.5. The van der Waals surface area contributed by atoms with E-state index in [0.29, 0.717) is 12.1 Å². The second kappa shape index (κ2) is 9.55. The van der Waals surface area contributed by atoms with Crippen molar-refractivity contribution in [3.05, 3.63) is 112 Å². The Morgan fingerprint density at radius 3 is 2.60 bits per heavy atom. The number of aryl methyl sites for hydroxylation is 1. The molecule has 0 saturated carbocycles.